The van der Waals surface area contributed by atoms with Crippen LogP contribution in [0.2, 0.25) is 0 Å². The van der Waals surface area contributed by atoms with Gasteiger partial charge in [0.1, 0.15) is 0 Å². The molecule has 1 aromatic carbocycles. The maximum Gasteiger partial charge on any atom is 0.335 e. The number of hydrogen-bond acceptors (Lipinski definition) is 2. The van der Waals surface area contributed by atoms with Gasteiger partial charge in [-0.25, -0.2) is 4.79 Å². The van der Waals surface area contributed by atoms with Gasteiger partial charge >= 0.3 is 5.97 Å². The predicted molar refractivity (Wildman–Crippen MR) is 104 cm³/mol. The Kier molecular flexibility index (Phi) is 12.0. The highest BCUT2D eigenvalue weighted by Gasteiger charge is 2.12. The zero-order valence-corrected chi connectivity index (χ0v) is 15.9. The molecule has 0 aliphatic heterocycles. The van der Waals surface area contributed by atoms with Gasteiger partial charge in [0.05, 0.1) is 11.7 Å². The molecule has 0 spiro atoms. The Labute approximate surface area is 153 Å². The number of aromatic carboxylic acids is 1. The first-order chi connectivity index (χ1) is 12.1. The third-order valence-corrected chi connectivity index (χ3v) is 4.84. The first kappa shape index (κ1) is 21.7. The molecule has 3 nitrogen and oxygen atoms in total. The number of carboxylic acids is 1. The first-order valence-corrected chi connectivity index (χ1v) is 10.1. The van der Waals surface area contributed by atoms with Crippen LogP contribution in [0.5, 0.6) is 0 Å². The fourth-order valence-corrected chi connectivity index (χ4v) is 3.31. The van der Waals surface area contributed by atoms with E-state index in [0.717, 1.165) is 24.8 Å². The van der Waals surface area contributed by atoms with E-state index in [4.69, 9.17) is 0 Å². The Bertz CT molecular complexity index is 470. The number of carboxylic acid groups (broad SMARTS) is 1. The SMILES string of the molecule is CCCCCCCCCCCCCC(O)Cc1ccccc1C(=O)O. The Morgan fingerprint density at radius 3 is 1.96 bits per heavy atom. The highest BCUT2D eigenvalue weighted by atomic mass is 16.4. The van der Waals surface area contributed by atoms with Crippen molar-refractivity contribution >= 4 is 5.97 Å². The smallest absolute Gasteiger partial charge is 0.335 e. The summed E-state index contributed by atoms with van der Waals surface area (Å²) in [6.07, 6.45) is 15.0. The molecule has 1 unspecified atom stereocenters. The summed E-state index contributed by atoms with van der Waals surface area (Å²) >= 11 is 0. The van der Waals surface area contributed by atoms with Crippen LogP contribution in [0.4, 0.5) is 0 Å². The molecule has 3 heteroatoms. The predicted octanol–water partition coefficient (Wildman–Crippen LogP) is 5.99. The van der Waals surface area contributed by atoms with E-state index >= 15 is 0 Å². The Morgan fingerprint density at radius 1 is 0.880 bits per heavy atom. The number of aliphatic hydroxyl groups excluding tert-OH is 1. The molecule has 25 heavy (non-hydrogen) atoms. The molecular formula is C22H36O3. The molecule has 1 rings (SSSR count). The average Bonchev–Trinajstić information content (AvgIpc) is 2.60. The van der Waals surface area contributed by atoms with E-state index in [2.05, 4.69) is 6.92 Å². The largest absolute Gasteiger partial charge is 0.478 e. The highest BCUT2D eigenvalue weighted by molar-refractivity contribution is 5.89. The van der Waals surface area contributed by atoms with Gasteiger partial charge in [0.2, 0.25) is 0 Å². The fourth-order valence-electron chi connectivity index (χ4n) is 3.31. The molecule has 1 atom stereocenters. The zero-order chi connectivity index (χ0) is 18.3. The van der Waals surface area contributed by atoms with Crippen molar-refractivity contribution in [3.05, 3.63) is 35.4 Å². The second-order valence-electron chi connectivity index (χ2n) is 7.14. The quantitative estimate of drug-likeness (QED) is 0.383. The molecule has 1 aromatic rings. The van der Waals surface area contributed by atoms with Crippen molar-refractivity contribution in [2.24, 2.45) is 0 Å². The fraction of sp³-hybridized carbons (Fsp3) is 0.682. The van der Waals surface area contributed by atoms with Crippen LogP contribution in [-0.2, 0) is 6.42 Å². The molecule has 2 N–H and O–H groups in total. The van der Waals surface area contributed by atoms with Crippen molar-refractivity contribution in [2.75, 3.05) is 0 Å². The van der Waals surface area contributed by atoms with E-state index in [1.54, 1.807) is 18.2 Å². The van der Waals surface area contributed by atoms with Gasteiger partial charge in [-0.15, -0.1) is 0 Å². The summed E-state index contributed by atoms with van der Waals surface area (Å²) in [7, 11) is 0. The second kappa shape index (κ2) is 13.9. The standard InChI is InChI=1S/C22H36O3/c1-2-3-4-5-6-7-8-9-10-11-12-16-20(23)18-19-15-13-14-17-21(19)22(24)25/h13-15,17,20,23H,2-12,16,18H2,1H3,(H,24,25). The van der Waals surface area contributed by atoms with E-state index in [0.29, 0.717) is 12.0 Å². The van der Waals surface area contributed by atoms with Crippen molar-refractivity contribution in [3.8, 4) is 0 Å². The molecule has 0 aliphatic rings. The summed E-state index contributed by atoms with van der Waals surface area (Å²) < 4.78 is 0. The van der Waals surface area contributed by atoms with Crippen molar-refractivity contribution in [2.45, 2.75) is 96.5 Å². The van der Waals surface area contributed by atoms with Gasteiger partial charge in [-0.2, -0.15) is 0 Å². The van der Waals surface area contributed by atoms with Crippen LogP contribution < -0.4 is 0 Å². The van der Waals surface area contributed by atoms with E-state index in [9.17, 15) is 15.0 Å². The number of rotatable bonds is 15. The van der Waals surface area contributed by atoms with Gasteiger partial charge in [-0.05, 0) is 24.5 Å². The Balaban J connectivity index is 2.04. The first-order valence-electron chi connectivity index (χ1n) is 10.1. The van der Waals surface area contributed by atoms with Crippen molar-refractivity contribution in [3.63, 3.8) is 0 Å². The number of carbonyl (C=O) groups is 1. The van der Waals surface area contributed by atoms with Crippen LogP contribution in [0.15, 0.2) is 24.3 Å². The van der Waals surface area contributed by atoms with Crippen LogP contribution in [0, 0.1) is 0 Å². The molecule has 0 bridgehead atoms. The van der Waals surface area contributed by atoms with E-state index in [1.165, 1.54) is 57.8 Å². The molecule has 0 aliphatic carbocycles. The summed E-state index contributed by atoms with van der Waals surface area (Å²) in [5.74, 6) is -0.919. The summed E-state index contributed by atoms with van der Waals surface area (Å²) in [4.78, 5) is 11.2. The number of aliphatic hydroxyl groups is 1. The summed E-state index contributed by atoms with van der Waals surface area (Å²) in [6.45, 7) is 2.25. The lowest BCUT2D eigenvalue weighted by Gasteiger charge is -2.12. The van der Waals surface area contributed by atoms with Gasteiger partial charge in [0.15, 0.2) is 0 Å². The third kappa shape index (κ3) is 10.3. The van der Waals surface area contributed by atoms with E-state index in [1.807, 2.05) is 6.07 Å². The zero-order valence-electron chi connectivity index (χ0n) is 15.9. The third-order valence-electron chi connectivity index (χ3n) is 4.84. The summed E-state index contributed by atoms with van der Waals surface area (Å²) in [6, 6.07) is 6.96. The molecular weight excluding hydrogens is 312 g/mol. The topological polar surface area (TPSA) is 57.5 Å². The monoisotopic (exact) mass is 348 g/mol. The van der Waals surface area contributed by atoms with Crippen LogP contribution in [0.3, 0.4) is 0 Å². The van der Waals surface area contributed by atoms with E-state index in [-0.39, 0.29) is 0 Å². The molecule has 0 heterocycles. The van der Waals surface area contributed by atoms with E-state index < -0.39 is 12.1 Å². The molecule has 0 saturated heterocycles. The maximum absolute atomic E-state index is 11.2. The van der Waals surface area contributed by atoms with Crippen molar-refractivity contribution in [1.82, 2.24) is 0 Å². The van der Waals surface area contributed by atoms with Crippen LogP contribution in [0.1, 0.15) is 99.9 Å². The lowest BCUT2D eigenvalue weighted by atomic mass is 9.98. The molecule has 0 fully saturated rings. The lowest BCUT2D eigenvalue weighted by Crippen LogP contribution is -2.13. The number of unbranched alkanes of at least 4 members (excludes halogenated alkanes) is 10. The molecule has 142 valence electrons. The second-order valence-corrected chi connectivity index (χ2v) is 7.14. The normalized spacial score (nSPS) is 12.2. The van der Waals surface area contributed by atoms with Crippen LogP contribution in [0.25, 0.3) is 0 Å². The minimum atomic E-state index is -0.919. The minimum Gasteiger partial charge on any atom is -0.478 e. The van der Waals surface area contributed by atoms with Gasteiger partial charge in [0, 0.05) is 0 Å². The van der Waals surface area contributed by atoms with Gasteiger partial charge in [0.25, 0.3) is 0 Å². The number of hydrogen-bond donors (Lipinski definition) is 2. The Morgan fingerprint density at radius 2 is 1.40 bits per heavy atom. The van der Waals surface area contributed by atoms with Gasteiger partial charge in [-0.3, -0.25) is 0 Å². The lowest BCUT2D eigenvalue weighted by molar-refractivity contribution is 0.0694. The number of benzene rings is 1. The van der Waals surface area contributed by atoms with Crippen LogP contribution in [-0.4, -0.2) is 22.3 Å². The minimum absolute atomic E-state index is 0.306. The van der Waals surface area contributed by atoms with Crippen LogP contribution >= 0.6 is 0 Å². The van der Waals surface area contributed by atoms with Gasteiger partial charge < -0.3 is 10.2 Å². The Hall–Kier alpha value is -1.35. The summed E-state index contributed by atoms with van der Waals surface area (Å²) in [5, 5.41) is 19.3. The molecule has 0 radical (unpaired) electrons. The van der Waals surface area contributed by atoms with Gasteiger partial charge in [-0.1, -0.05) is 95.8 Å². The molecule has 0 aromatic heterocycles. The molecule has 0 saturated carbocycles. The van der Waals surface area contributed by atoms with Crippen molar-refractivity contribution in [1.29, 1.82) is 0 Å². The molecule has 0 amide bonds. The highest BCUT2D eigenvalue weighted by Crippen LogP contribution is 2.16. The maximum atomic E-state index is 11.2. The average molecular weight is 349 g/mol. The van der Waals surface area contributed by atoms with Crippen molar-refractivity contribution < 1.29 is 15.0 Å². The summed E-state index contributed by atoms with van der Waals surface area (Å²) in [5.41, 5.74) is 1.03.